The van der Waals surface area contributed by atoms with E-state index >= 15 is 0 Å². The van der Waals surface area contributed by atoms with Gasteiger partial charge in [-0.05, 0) is 12.3 Å². The third kappa shape index (κ3) is 7.88. The summed E-state index contributed by atoms with van der Waals surface area (Å²) in [7, 11) is 0. The lowest BCUT2D eigenvalue weighted by molar-refractivity contribution is 0.506. The van der Waals surface area contributed by atoms with Gasteiger partial charge < -0.3 is 5.32 Å². The van der Waals surface area contributed by atoms with Crippen LogP contribution in [0.15, 0.2) is 17.1 Å². The Labute approximate surface area is 129 Å². The summed E-state index contributed by atoms with van der Waals surface area (Å²) in [5.74, 6) is 0.556. The van der Waals surface area contributed by atoms with Crippen LogP contribution in [0.25, 0.3) is 0 Å². The van der Waals surface area contributed by atoms with Gasteiger partial charge in [-0.25, -0.2) is 4.68 Å². The maximum absolute atomic E-state index is 12.0. The van der Waals surface area contributed by atoms with Crippen molar-refractivity contribution in [2.75, 3.05) is 11.9 Å². The molecule has 1 N–H and O–H groups in total. The van der Waals surface area contributed by atoms with Gasteiger partial charge in [0.05, 0.1) is 11.9 Å². The van der Waals surface area contributed by atoms with E-state index in [9.17, 15) is 4.79 Å². The summed E-state index contributed by atoms with van der Waals surface area (Å²) >= 11 is 0. The first-order valence-electron chi connectivity index (χ1n) is 8.44. The fourth-order valence-corrected chi connectivity index (χ4v) is 2.24. The van der Waals surface area contributed by atoms with E-state index in [-0.39, 0.29) is 5.56 Å². The Hall–Kier alpha value is -1.32. The van der Waals surface area contributed by atoms with Crippen LogP contribution in [0.4, 0.5) is 5.69 Å². The van der Waals surface area contributed by atoms with Crippen molar-refractivity contribution in [3.05, 3.63) is 22.6 Å². The van der Waals surface area contributed by atoms with Crippen LogP contribution in [0.5, 0.6) is 0 Å². The Bertz CT molecular complexity index is 440. The second-order valence-corrected chi connectivity index (χ2v) is 6.20. The number of aryl methyl sites for hydroxylation is 1. The summed E-state index contributed by atoms with van der Waals surface area (Å²) in [6.45, 7) is 8.11. The monoisotopic (exact) mass is 293 g/mol. The molecule has 0 radical (unpaired) electrons. The number of nitrogens with zero attached hydrogens (tertiary/aromatic N) is 2. The van der Waals surface area contributed by atoms with E-state index in [1.54, 1.807) is 16.9 Å². The molecule has 1 rings (SSSR count). The number of hydrogen-bond acceptors (Lipinski definition) is 3. The lowest BCUT2D eigenvalue weighted by atomic mass is 10.1. The van der Waals surface area contributed by atoms with Gasteiger partial charge in [0.1, 0.15) is 0 Å². The first kappa shape index (κ1) is 17.7. The van der Waals surface area contributed by atoms with Gasteiger partial charge >= 0.3 is 0 Å². The zero-order valence-corrected chi connectivity index (χ0v) is 13.9. The predicted molar refractivity (Wildman–Crippen MR) is 89.8 cm³/mol. The van der Waals surface area contributed by atoms with Crippen LogP contribution in [0.1, 0.15) is 65.7 Å². The topological polar surface area (TPSA) is 46.9 Å². The summed E-state index contributed by atoms with van der Waals surface area (Å²) in [5.41, 5.74) is 0.819. The largest absolute Gasteiger partial charge is 0.383 e. The van der Waals surface area contributed by atoms with Crippen molar-refractivity contribution in [3.63, 3.8) is 0 Å². The van der Waals surface area contributed by atoms with Gasteiger partial charge in [0, 0.05) is 19.2 Å². The molecular weight excluding hydrogens is 262 g/mol. The highest BCUT2D eigenvalue weighted by Gasteiger charge is 2.01. The van der Waals surface area contributed by atoms with E-state index in [0.717, 1.165) is 25.2 Å². The molecule has 0 saturated carbocycles. The van der Waals surface area contributed by atoms with E-state index in [1.807, 2.05) is 0 Å². The lowest BCUT2D eigenvalue weighted by Gasteiger charge is -2.09. The quantitative estimate of drug-likeness (QED) is 0.626. The molecule has 1 aromatic rings. The Kier molecular flexibility index (Phi) is 8.79. The van der Waals surface area contributed by atoms with Crippen LogP contribution < -0.4 is 10.9 Å². The number of aromatic nitrogens is 2. The molecule has 0 amide bonds. The number of anilines is 1. The highest BCUT2D eigenvalue weighted by Crippen LogP contribution is 2.07. The minimum Gasteiger partial charge on any atom is -0.383 e. The Morgan fingerprint density at radius 3 is 2.43 bits per heavy atom. The second-order valence-electron chi connectivity index (χ2n) is 6.20. The zero-order chi connectivity index (χ0) is 15.5. The van der Waals surface area contributed by atoms with Crippen LogP contribution in [-0.2, 0) is 6.54 Å². The highest BCUT2D eigenvalue weighted by atomic mass is 16.1. The van der Waals surface area contributed by atoms with Gasteiger partial charge in [-0.15, -0.1) is 0 Å². The smallest absolute Gasteiger partial charge is 0.268 e. The molecule has 1 aromatic heterocycles. The van der Waals surface area contributed by atoms with Crippen molar-refractivity contribution < 1.29 is 0 Å². The summed E-state index contributed by atoms with van der Waals surface area (Å²) in [4.78, 5) is 12.0. The van der Waals surface area contributed by atoms with Crippen molar-refractivity contribution >= 4 is 5.69 Å². The standard InChI is InChI=1S/C17H31N3O/c1-4-5-6-7-8-9-10-11-20-17(21)12-16(14-19-20)18-13-15(2)3/h12,14-15,18H,4-11,13H2,1-3H3. The molecule has 0 aliphatic heterocycles. The SMILES string of the molecule is CCCCCCCCCn1ncc(NCC(C)C)cc1=O. The molecule has 0 aliphatic carbocycles. The fourth-order valence-electron chi connectivity index (χ4n) is 2.24. The second kappa shape index (κ2) is 10.4. The molecule has 0 aliphatic rings. The molecule has 0 fully saturated rings. The minimum atomic E-state index is -0.00487. The summed E-state index contributed by atoms with van der Waals surface area (Å²) < 4.78 is 1.58. The van der Waals surface area contributed by atoms with Gasteiger partial charge in [-0.1, -0.05) is 59.3 Å². The van der Waals surface area contributed by atoms with Crippen LogP contribution in [-0.4, -0.2) is 16.3 Å². The van der Waals surface area contributed by atoms with E-state index in [1.165, 1.54) is 38.5 Å². The fraction of sp³-hybridized carbons (Fsp3) is 0.765. The van der Waals surface area contributed by atoms with Crippen LogP contribution >= 0.6 is 0 Å². The van der Waals surface area contributed by atoms with Crippen LogP contribution in [0.3, 0.4) is 0 Å². The Morgan fingerprint density at radius 1 is 1.14 bits per heavy atom. The van der Waals surface area contributed by atoms with Gasteiger partial charge in [0.2, 0.25) is 0 Å². The summed E-state index contributed by atoms with van der Waals surface area (Å²) in [6, 6.07) is 1.65. The van der Waals surface area contributed by atoms with Crippen molar-refractivity contribution in [3.8, 4) is 0 Å². The molecule has 0 bridgehead atoms. The third-order valence-corrected chi connectivity index (χ3v) is 3.56. The number of nitrogens with one attached hydrogen (secondary N) is 1. The average Bonchev–Trinajstić information content (AvgIpc) is 2.46. The zero-order valence-electron chi connectivity index (χ0n) is 13.9. The van der Waals surface area contributed by atoms with Crippen molar-refractivity contribution in [2.24, 2.45) is 5.92 Å². The summed E-state index contributed by atoms with van der Waals surface area (Å²) in [5, 5.41) is 7.48. The van der Waals surface area contributed by atoms with E-state index in [4.69, 9.17) is 0 Å². The van der Waals surface area contributed by atoms with Crippen LogP contribution in [0.2, 0.25) is 0 Å². The molecule has 0 unspecified atom stereocenters. The van der Waals surface area contributed by atoms with Gasteiger partial charge in [0.15, 0.2) is 0 Å². The molecule has 0 aromatic carbocycles. The van der Waals surface area contributed by atoms with E-state index < -0.39 is 0 Å². The predicted octanol–water partition coefficient (Wildman–Crippen LogP) is 4.06. The molecule has 0 spiro atoms. The number of hydrogen-bond donors (Lipinski definition) is 1. The molecular formula is C17H31N3O. The molecule has 0 saturated heterocycles. The van der Waals surface area contributed by atoms with Gasteiger partial charge in [-0.3, -0.25) is 4.79 Å². The maximum Gasteiger partial charge on any atom is 0.268 e. The highest BCUT2D eigenvalue weighted by molar-refractivity contribution is 5.38. The third-order valence-electron chi connectivity index (χ3n) is 3.56. The molecule has 1 heterocycles. The van der Waals surface area contributed by atoms with Crippen molar-refractivity contribution in [1.82, 2.24) is 9.78 Å². The number of rotatable bonds is 11. The van der Waals surface area contributed by atoms with Crippen molar-refractivity contribution in [1.29, 1.82) is 0 Å². The minimum absolute atomic E-state index is 0.00487. The normalized spacial score (nSPS) is 11.0. The molecule has 4 heteroatoms. The Morgan fingerprint density at radius 2 is 1.81 bits per heavy atom. The molecule has 0 atom stereocenters. The lowest BCUT2D eigenvalue weighted by Crippen LogP contribution is -2.23. The Balaban J connectivity index is 2.28. The first-order valence-corrected chi connectivity index (χ1v) is 8.44. The van der Waals surface area contributed by atoms with Crippen LogP contribution in [0, 0.1) is 5.92 Å². The van der Waals surface area contributed by atoms with Crippen molar-refractivity contribution in [2.45, 2.75) is 72.3 Å². The van der Waals surface area contributed by atoms with Gasteiger partial charge in [-0.2, -0.15) is 5.10 Å². The first-order chi connectivity index (χ1) is 10.1. The van der Waals surface area contributed by atoms with E-state index in [2.05, 4.69) is 31.2 Å². The molecule has 21 heavy (non-hydrogen) atoms. The summed E-state index contributed by atoms with van der Waals surface area (Å²) in [6.07, 6.45) is 10.5. The molecule has 120 valence electrons. The number of unbranched alkanes of at least 4 members (excludes halogenated alkanes) is 6. The van der Waals surface area contributed by atoms with E-state index in [0.29, 0.717) is 5.92 Å². The average molecular weight is 293 g/mol. The van der Waals surface area contributed by atoms with Gasteiger partial charge in [0.25, 0.3) is 5.56 Å². The molecule has 4 nitrogen and oxygen atoms in total. The maximum atomic E-state index is 12.0.